The van der Waals surface area contributed by atoms with Gasteiger partial charge in [-0.25, -0.2) is 0 Å². The molecule has 1 aromatic heterocycles. The first-order chi connectivity index (χ1) is 9.86. The van der Waals surface area contributed by atoms with E-state index in [2.05, 4.69) is 10.4 Å². The van der Waals surface area contributed by atoms with Crippen LogP contribution in [0.3, 0.4) is 0 Å². The SMILES string of the molecule is CCc1nn(C)c(CN2C(=O)CNC(=O)C2C(C)C)c1Cl. The highest BCUT2D eigenvalue weighted by molar-refractivity contribution is 6.31. The monoisotopic (exact) mass is 312 g/mol. The van der Waals surface area contributed by atoms with E-state index in [1.54, 1.807) is 16.6 Å². The molecule has 0 radical (unpaired) electrons. The number of nitrogens with zero attached hydrogens (tertiary/aromatic N) is 3. The second-order valence-electron chi connectivity index (χ2n) is 5.61. The van der Waals surface area contributed by atoms with Crippen LogP contribution < -0.4 is 5.32 Å². The number of aromatic nitrogens is 2. The topological polar surface area (TPSA) is 67.2 Å². The molecule has 116 valence electrons. The van der Waals surface area contributed by atoms with Gasteiger partial charge in [0, 0.05) is 7.05 Å². The van der Waals surface area contributed by atoms with Crippen molar-refractivity contribution >= 4 is 23.4 Å². The van der Waals surface area contributed by atoms with Gasteiger partial charge < -0.3 is 10.2 Å². The first-order valence-corrected chi connectivity index (χ1v) is 7.52. The number of amides is 2. The molecule has 1 aromatic rings. The summed E-state index contributed by atoms with van der Waals surface area (Å²) in [6.07, 6.45) is 0.731. The summed E-state index contributed by atoms with van der Waals surface area (Å²) < 4.78 is 1.69. The molecule has 1 unspecified atom stereocenters. The average Bonchev–Trinajstić information content (AvgIpc) is 2.69. The number of hydrogen-bond acceptors (Lipinski definition) is 3. The molecule has 1 saturated heterocycles. The Morgan fingerprint density at radius 1 is 1.43 bits per heavy atom. The predicted octanol–water partition coefficient (Wildman–Crippen LogP) is 1.12. The van der Waals surface area contributed by atoms with Crippen LogP contribution in [0.1, 0.15) is 32.2 Å². The number of hydrogen-bond donors (Lipinski definition) is 1. The standard InChI is InChI=1S/C14H21ClN4O2/c1-5-9-12(15)10(18(4)17-9)7-19-11(20)6-16-14(21)13(19)8(2)3/h8,13H,5-7H2,1-4H3,(H,16,21). The second-order valence-corrected chi connectivity index (χ2v) is 5.99. The van der Waals surface area contributed by atoms with Crippen molar-refractivity contribution in [1.82, 2.24) is 20.0 Å². The van der Waals surface area contributed by atoms with Crippen molar-refractivity contribution in [2.45, 2.75) is 39.8 Å². The van der Waals surface area contributed by atoms with Gasteiger partial charge in [-0.05, 0) is 12.3 Å². The van der Waals surface area contributed by atoms with E-state index in [1.807, 2.05) is 20.8 Å². The summed E-state index contributed by atoms with van der Waals surface area (Å²) >= 11 is 6.34. The Bertz CT molecular complexity index is 568. The number of carbonyl (C=O) groups is 2. The number of nitrogens with one attached hydrogen (secondary N) is 1. The van der Waals surface area contributed by atoms with Crippen molar-refractivity contribution in [2.24, 2.45) is 13.0 Å². The average molecular weight is 313 g/mol. The third-order valence-corrected chi connectivity index (χ3v) is 4.23. The summed E-state index contributed by atoms with van der Waals surface area (Å²) in [5, 5.41) is 7.58. The maximum Gasteiger partial charge on any atom is 0.243 e. The number of rotatable bonds is 4. The van der Waals surface area contributed by atoms with E-state index >= 15 is 0 Å². The van der Waals surface area contributed by atoms with Crippen LogP contribution >= 0.6 is 11.6 Å². The van der Waals surface area contributed by atoms with E-state index in [0.29, 0.717) is 11.6 Å². The van der Waals surface area contributed by atoms with Crippen molar-refractivity contribution in [3.63, 3.8) is 0 Å². The van der Waals surface area contributed by atoms with Crippen molar-refractivity contribution in [2.75, 3.05) is 6.54 Å². The minimum absolute atomic E-state index is 0.0342. The van der Waals surface area contributed by atoms with Crippen LogP contribution in [0.4, 0.5) is 0 Å². The van der Waals surface area contributed by atoms with Crippen molar-refractivity contribution in [3.05, 3.63) is 16.4 Å². The van der Waals surface area contributed by atoms with E-state index in [4.69, 9.17) is 11.6 Å². The summed E-state index contributed by atoms with van der Waals surface area (Å²) in [5.41, 5.74) is 1.58. The van der Waals surface area contributed by atoms with Crippen LogP contribution in [-0.4, -0.2) is 39.1 Å². The molecule has 21 heavy (non-hydrogen) atoms. The Balaban J connectivity index is 2.33. The van der Waals surface area contributed by atoms with Gasteiger partial charge in [0.1, 0.15) is 6.04 Å². The van der Waals surface area contributed by atoms with Crippen molar-refractivity contribution < 1.29 is 9.59 Å². The number of carbonyl (C=O) groups excluding carboxylic acids is 2. The number of aryl methyl sites for hydroxylation is 2. The maximum atomic E-state index is 12.2. The Hall–Kier alpha value is -1.56. The third-order valence-electron chi connectivity index (χ3n) is 3.79. The molecule has 0 aromatic carbocycles. The van der Waals surface area contributed by atoms with Gasteiger partial charge in [0.05, 0.1) is 29.5 Å². The molecular weight excluding hydrogens is 292 g/mol. The molecule has 1 atom stereocenters. The molecule has 6 nitrogen and oxygen atoms in total. The Kier molecular flexibility index (Phi) is 4.56. The summed E-state index contributed by atoms with van der Waals surface area (Å²) in [5.74, 6) is -0.172. The first kappa shape index (κ1) is 15.8. The molecule has 1 aliphatic heterocycles. The zero-order valence-electron chi connectivity index (χ0n) is 12.8. The summed E-state index contributed by atoms with van der Waals surface area (Å²) in [6, 6.07) is -0.470. The third kappa shape index (κ3) is 2.90. The fourth-order valence-corrected chi connectivity index (χ4v) is 3.02. The molecule has 1 aliphatic rings. The Morgan fingerprint density at radius 3 is 2.62 bits per heavy atom. The lowest BCUT2D eigenvalue weighted by molar-refractivity contribution is -0.148. The van der Waals surface area contributed by atoms with Gasteiger partial charge in [-0.15, -0.1) is 0 Å². The Morgan fingerprint density at radius 2 is 2.10 bits per heavy atom. The number of piperazine rings is 1. The maximum absolute atomic E-state index is 12.2. The molecular formula is C14H21ClN4O2. The molecule has 1 fully saturated rings. The lowest BCUT2D eigenvalue weighted by Gasteiger charge is -2.37. The quantitative estimate of drug-likeness (QED) is 0.906. The largest absolute Gasteiger partial charge is 0.345 e. The van der Waals surface area contributed by atoms with Crippen LogP contribution in [0.15, 0.2) is 0 Å². The highest BCUT2D eigenvalue weighted by atomic mass is 35.5. The van der Waals surface area contributed by atoms with Crippen molar-refractivity contribution in [3.8, 4) is 0 Å². The van der Waals surface area contributed by atoms with Crippen LogP contribution in [-0.2, 0) is 29.6 Å². The molecule has 1 N–H and O–H groups in total. The fraction of sp³-hybridized carbons (Fsp3) is 0.643. The van der Waals surface area contributed by atoms with Gasteiger partial charge in [-0.3, -0.25) is 14.3 Å². The zero-order chi connectivity index (χ0) is 15.7. The molecule has 0 spiro atoms. The molecule has 0 bridgehead atoms. The summed E-state index contributed by atoms with van der Waals surface area (Å²) in [7, 11) is 1.80. The van der Waals surface area contributed by atoms with E-state index in [9.17, 15) is 9.59 Å². The van der Waals surface area contributed by atoms with Gasteiger partial charge in [-0.2, -0.15) is 5.10 Å². The first-order valence-electron chi connectivity index (χ1n) is 7.14. The Labute approximate surface area is 129 Å². The second kappa shape index (κ2) is 6.05. The van der Waals surface area contributed by atoms with Gasteiger partial charge >= 0.3 is 0 Å². The zero-order valence-corrected chi connectivity index (χ0v) is 13.6. The minimum Gasteiger partial charge on any atom is -0.345 e. The smallest absolute Gasteiger partial charge is 0.243 e. The molecule has 2 rings (SSSR count). The molecule has 7 heteroatoms. The van der Waals surface area contributed by atoms with E-state index in [-0.39, 0.29) is 24.3 Å². The molecule has 0 saturated carbocycles. The summed E-state index contributed by atoms with van der Waals surface area (Å²) in [4.78, 5) is 25.9. The van der Waals surface area contributed by atoms with Gasteiger partial charge in [0.25, 0.3) is 0 Å². The van der Waals surface area contributed by atoms with Gasteiger partial charge in [0.15, 0.2) is 0 Å². The number of halogens is 1. The van der Waals surface area contributed by atoms with E-state index in [1.165, 1.54) is 0 Å². The summed E-state index contributed by atoms with van der Waals surface area (Å²) in [6.45, 7) is 6.18. The molecule has 0 aliphatic carbocycles. The highest BCUT2D eigenvalue weighted by Gasteiger charge is 2.37. The lowest BCUT2D eigenvalue weighted by Crippen LogP contribution is -2.59. The fourth-order valence-electron chi connectivity index (χ4n) is 2.67. The minimum atomic E-state index is -0.470. The molecule has 2 amide bonds. The van der Waals surface area contributed by atoms with Crippen LogP contribution in [0.25, 0.3) is 0 Å². The highest BCUT2D eigenvalue weighted by Crippen LogP contribution is 2.25. The van der Waals surface area contributed by atoms with Crippen LogP contribution in [0, 0.1) is 5.92 Å². The lowest BCUT2D eigenvalue weighted by atomic mass is 9.99. The van der Waals surface area contributed by atoms with Crippen molar-refractivity contribution in [1.29, 1.82) is 0 Å². The normalized spacial score (nSPS) is 19.3. The van der Waals surface area contributed by atoms with Crippen LogP contribution in [0.5, 0.6) is 0 Å². The van der Waals surface area contributed by atoms with E-state index in [0.717, 1.165) is 17.8 Å². The molecule has 2 heterocycles. The predicted molar refractivity (Wildman–Crippen MR) is 79.8 cm³/mol. The van der Waals surface area contributed by atoms with E-state index < -0.39 is 6.04 Å². The van der Waals surface area contributed by atoms with Gasteiger partial charge in [-0.1, -0.05) is 32.4 Å². The van der Waals surface area contributed by atoms with Gasteiger partial charge in [0.2, 0.25) is 11.8 Å². The van der Waals surface area contributed by atoms with Crippen LogP contribution in [0.2, 0.25) is 5.02 Å².